The van der Waals surface area contributed by atoms with Crippen LogP contribution in [0.4, 0.5) is 0 Å². The summed E-state index contributed by atoms with van der Waals surface area (Å²) in [5.74, 6) is 0.700. The highest BCUT2D eigenvalue weighted by Gasteiger charge is 2.46. The first-order valence-electron chi connectivity index (χ1n) is 14.1. The Morgan fingerprint density at radius 2 is 1.85 bits per heavy atom. The zero-order valence-electron chi connectivity index (χ0n) is 22.5. The van der Waals surface area contributed by atoms with Gasteiger partial charge in [-0.25, -0.2) is 9.48 Å². The fourth-order valence-electron chi connectivity index (χ4n) is 6.03. The van der Waals surface area contributed by atoms with Gasteiger partial charge >= 0.3 is 5.97 Å². The van der Waals surface area contributed by atoms with E-state index in [1.54, 1.807) is 9.36 Å². The van der Waals surface area contributed by atoms with E-state index in [2.05, 4.69) is 46.6 Å². The van der Waals surface area contributed by atoms with E-state index < -0.39 is 5.97 Å². The van der Waals surface area contributed by atoms with Gasteiger partial charge in [-0.2, -0.15) is 5.10 Å². The van der Waals surface area contributed by atoms with Crippen LogP contribution in [-0.4, -0.2) is 42.0 Å². The predicted octanol–water partition coefficient (Wildman–Crippen LogP) is 6.47. The van der Waals surface area contributed by atoms with Crippen LogP contribution >= 0.6 is 0 Å². The van der Waals surface area contributed by atoms with E-state index >= 15 is 0 Å². The molecule has 4 aromatic rings. The summed E-state index contributed by atoms with van der Waals surface area (Å²) in [7, 11) is 0. The number of carboxylic acid groups (broad SMARTS) is 1. The number of carbonyl (C=O) groups is 1. The van der Waals surface area contributed by atoms with Crippen molar-refractivity contribution < 1.29 is 14.6 Å². The molecular weight excluding hydrogens is 490 g/mol. The molecule has 8 nitrogen and oxygen atoms in total. The van der Waals surface area contributed by atoms with Gasteiger partial charge in [0.2, 0.25) is 0 Å². The third-order valence-corrected chi connectivity index (χ3v) is 8.33. The zero-order valence-corrected chi connectivity index (χ0v) is 22.5. The highest BCUT2D eigenvalue weighted by atomic mass is 16.5. The van der Waals surface area contributed by atoms with Gasteiger partial charge in [0, 0.05) is 24.6 Å². The second-order valence-electron chi connectivity index (χ2n) is 10.9. The van der Waals surface area contributed by atoms with Crippen molar-refractivity contribution in [1.82, 2.24) is 24.8 Å². The fraction of sp³-hybridized carbons (Fsp3) is 0.419. The van der Waals surface area contributed by atoms with Crippen LogP contribution in [0.1, 0.15) is 86.0 Å². The molecular formula is C31H35N5O3. The molecule has 0 aliphatic heterocycles. The number of benzene rings is 2. The Morgan fingerprint density at radius 1 is 1.08 bits per heavy atom. The number of aromatic nitrogens is 5. The quantitative estimate of drug-likeness (QED) is 0.269. The highest BCUT2D eigenvalue weighted by molar-refractivity contribution is 5.89. The van der Waals surface area contributed by atoms with Gasteiger partial charge in [0.1, 0.15) is 11.3 Å². The Morgan fingerprint density at radius 3 is 2.59 bits per heavy atom. The van der Waals surface area contributed by atoms with Crippen molar-refractivity contribution in [3.8, 4) is 22.6 Å². The second kappa shape index (κ2) is 10.7. The molecule has 6 rings (SSSR count). The van der Waals surface area contributed by atoms with Crippen molar-refractivity contribution in [3.05, 3.63) is 77.9 Å². The molecule has 0 bridgehead atoms. The smallest absolute Gasteiger partial charge is 0.339 e. The van der Waals surface area contributed by atoms with E-state index in [1.165, 1.54) is 38.3 Å². The Balaban J connectivity index is 1.27. The van der Waals surface area contributed by atoms with Crippen LogP contribution in [0.5, 0.6) is 5.75 Å². The van der Waals surface area contributed by atoms with Crippen LogP contribution in [-0.2, 0) is 6.54 Å². The molecule has 202 valence electrons. The van der Waals surface area contributed by atoms with E-state index in [0.29, 0.717) is 11.6 Å². The number of aryl methyl sites for hydroxylation is 1. The molecule has 0 spiro atoms. The van der Waals surface area contributed by atoms with Crippen molar-refractivity contribution in [3.63, 3.8) is 0 Å². The third kappa shape index (κ3) is 5.20. The molecule has 2 aromatic carbocycles. The Bertz CT molecular complexity index is 1470. The molecule has 2 aliphatic carbocycles. The average Bonchev–Trinajstić information content (AvgIpc) is 3.38. The summed E-state index contributed by atoms with van der Waals surface area (Å²) in [4.78, 5) is 12.1. The molecule has 2 heterocycles. The molecule has 1 N–H and O–H groups in total. The minimum atomic E-state index is -0.966. The maximum atomic E-state index is 12.1. The minimum absolute atomic E-state index is 0.0299. The van der Waals surface area contributed by atoms with E-state index in [-0.39, 0.29) is 23.5 Å². The number of nitrogens with zero attached hydrogens (tertiary/aromatic N) is 5. The van der Waals surface area contributed by atoms with Crippen LogP contribution in [0.15, 0.2) is 60.9 Å². The largest absolute Gasteiger partial charge is 0.490 e. The van der Waals surface area contributed by atoms with Crippen molar-refractivity contribution in [2.24, 2.45) is 5.92 Å². The number of rotatable bonds is 9. The lowest BCUT2D eigenvalue weighted by atomic mass is 9.86. The Hall–Kier alpha value is -3.94. The molecule has 0 saturated heterocycles. The number of ether oxygens (including phenoxy) is 1. The second-order valence-corrected chi connectivity index (χ2v) is 10.9. The standard InChI is InChI=1S/C31H35N5O3/c1-3-35-19-29(33-34-35)26-17-27(26)30-28(31(37)38)18-32-36(30)24-13-7-11-22(15-24)23-12-8-14-25(16-23)39-20(2)21-9-5-4-6-10-21/h7-8,11-16,18-21,26-27H,3-6,9-10,17H2,1-2H3,(H,37,38)/t20-,26?,27?/m0/s1. The van der Waals surface area contributed by atoms with Crippen LogP contribution in [0.2, 0.25) is 0 Å². The highest BCUT2D eigenvalue weighted by Crippen LogP contribution is 2.55. The monoisotopic (exact) mass is 525 g/mol. The first kappa shape index (κ1) is 25.3. The van der Waals surface area contributed by atoms with Crippen LogP contribution in [0, 0.1) is 5.92 Å². The fourth-order valence-corrected chi connectivity index (χ4v) is 6.03. The minimum Gasteiger partial charge on any atom is -0.490 e. The Kier molecular flexibility index (Phi) is 6.94. The van der Waals surface area contributed by atoms with Gasteiger partial charge in [-0.15, -0.1) is 5.10 Å². The van der Waals surface area contributed by atoms with Crippen molar-refractivity contribution in [2.75, 3.05) is 0 Å². The summed E-state index contributed by atoms with van der Waals surface area (Å²) in [6.45, 7) is 4.96. The lowest BCUT2D eigenvalue weighted by Crippen LogP contribution is -2.25. The predicted molar refractivity (Wildman–Crippen MR) is 148 cm³/mol. The van der Waals surface area contributed by atoms with Crippen LogP contribution in [0.25, 0.3) is 16.8 Å². The third-order valence-electron chi connectivity index (χ3n) is 8.33. The molecule has 0 radical (unpaired) electrons. The van der Waals surface area contributed by atoms with Gasteiger partial charge < -0.3 is 9.84 Å². The summed E-state index contributed by atoms with van der Waals surface area (Å²) in [5, 5.41) is 22.9. The molecule has 2 aromatic heterocycles. The first-order chi connectivity index (χ1) is 19.0. The zero-order chi connectivity index (χ0) is 26.9. The summed E-state index contributed by atoms with van der Waals surface area (Å²) < 4.78 is 9.98. The number of hydrogen-bond acceptors (Lipinski definition) is 5. The van der Waals surface area contributed by atoms with E-state index in [9.17, 15) is 9.90 Å². The summed E-state index contributed by atoms with van der Waals surface area (Å²) in [6.07, 6.45) is 10.8. The van der Waals surface area contributed by atoms with Gasteiger partial charge in [-0.1, -0.05) is 48.7 Å². The van der Waals surface area contributed by atoms with Crippen molar-refractivity contribution in [1.29, 1.82) is 0 Å². The number of aromatic carboxylic acids is 1. The normalized spacial score (nSPS) is 20.1. The maximum absolute atomic E-state index is 12.1. The summed E-state index contributed by atoms with van der Waals surface area (Å²) in [6, 6.07) is 16.3. The molecule has 39 heavy (non-hydrogen) atoms. The van der Waals surface area contributed by atoms with Crippen molar-refractivity contribution >= 4 is 5.97 Å². The topological polar surface area (TPSA) is 95.1 Å². The molecule has 0 amide bonds. The van der Waals surface area contributed by atoms with E-state index in [0.717, 1.165) is 41.2 Å². The van der Waals surface area contributed by atoms with Crippen molar-refractivity contribution in [2.45, 2.75) is 76.9 Å². The Labute approximate surface area is 228 Å². The van der Waals surface area contributed by atoms with Crippen LogP contribution < -0.4 is 4.74 Å². The molecule has 3 atom stereocenters. The van der Waals surface area contributed by atoms with Gasteiger partial charge in [0.15, 0.2) is 0 Å². The molecule has 2 unspecified atom stereocenters. The lowest BCUT2D eigenvalue weighted by molar-refractivity contribution is 0.0695. The van der Waals surface area contributed by atoms with Gasteiger partial charge in [0.25, 0.3) is 0 Å². The maximum Gasteiger partial charge on any atom is 0.339 e. The van der Waals surface area contributed by atoms with Gasteiger partial charge in [-0.3, -0.25) is 4.68 Å². The lowest BCUT2D eigenvalue weighted by Gasteiger charge is -2.28. The van der Waals surface area contributed by atoms with Gasteiger partial charge in [0.05, 0.1) is 29.4 Å². The van der Waals surface area contributed by atoms with E-state index in [1.807, 2.05) is 37.4 Å². The average molecular weight is 526 g/mol. The number of hydrogen-bond donors (Lipinski definition) is 1. The molecule has 2 fully saturated rings. The van der Waals surface area contributed by atoms with E-state index in [4.69, 9.17) is 4.74 Å². The molecule has 2 aliphatic rings. The SMILES string of the molecule is CCn1cc(C2CC2c2c(C(=O)O)cnn2-c2cccc(-c3cccc(O[C@@H](C)C4CCCCC4)c3)c2)nn1. The van der Waals surface area contributed by atoms with Gasteiger partial charge in [-0.05, 0) is 74.4 Å². The summed E-state index contributed by atoms with van der Waals surface area (Å²) in [5.41, 5.74) is 4.77. The molecule has 2 saturated carbocycles. The summed E-state index contributed by atoms with van der Waals surface area (Å²) >= 11 is 0. The number of carboxylic acids is 1. The molecule has 8 heteroatoms. The van der Waals surface area contributed by atoms with Crippen LogP contribution in [0.3, 0.4) is 0 Å². The first-order valence-corrected chi connectivity index (χ1v) is 14.1.